The summed E-state index contributed by atoms with van der Waals surface area (Å²) in [5, 5.41) is 9.08. The molecule has 1 aliphatic rings. The molecule has 3 aromatic rings. The fraction of sp³-hybridized carbons (Fsp3) is 0.318. The maximum Gasteiger partial charge on any atom is 0.143 e. The Balaban J connectivity index is 1.59. The number of hydrogen-bond acceptors (Lipinski definition) is 4. The van der Waals surface area contributed by atoms with Crippen molar-refractivity contribution < 1.29 is 9.84 Å². The molecule has 0 saturated heterocycles. The van der Waals surface area contributed by atoms with Crippen molar-refractivity contribution in [3.8, 4) is 17.1 Å². The molecule has 27 heavy (non-hydrogen) atoms. The lowest BCUT2D eigenvalue weighted by Crippen LogP contribution is -2.40. The van der Waals surface area contributed by atoms with E-state index in [9.17, 15) is 0 Å². The zero-order chi connectivity index (χ0) is 18.6. The molecule has 4 rings (SSSR count). The summed E-state index contributed by atoms with van der Waals surface area (Å²) in [6.45, 7) is 2.12. The summed E-state index contributed by atoms with van der Waals surface area (Å²) >= 11 is 0. The largest absolute Gasteiger partial charge is 0.490 e. The van der Waals surface area contributed by atoms with Crippen LogP contribution in [0.1, 0.15) is 11.1 Å². The number of aliphatic hydroxyl groups excluding tert-OH is 1. The third-order valence-electron chi connectivity index (χ3n) is 5.22. The van der Waals surface area contributed by atoms with Crippen LogP contribution in [0, 0.1) is 0 Å². The van der Waals surface area contributed by atoms with E-state index in [1.807, 2.05) is 36.7 Å². The zero-order valence-electron chi connectivity index (χ0n) is 15.6. The highest BCUT2D eigenvalue weighted by Crippen LogP contribution is 2.30. The molecule has 140 valence electrons. The molecule has 0 bridgehead atoms. The first-order valence-corrected chi connectivity index (χ1v) is 9.37. The molecule has 0 fully saturated rings. The number of nitrogens with zero attached hydrogens (tertiary/aromatic N) is 3. The average molecular weight is 363 g/mol. The number of hydrogen-bond donors (Lipinski definition) is 1. The van der Waals surface area contributed by atoms with Gasteiger partial charge in [0.05, 0.1) is 12.2 Å². The van der Waals surface area contributed by atoms with Gasteiger partial charge < -0.3 is 14.4 Å². The van der Waals surface area contributed by atoms with Crippen molar-refractivity contribution in [2.24, 2.45) is 0 Å². The molecule has 5 nitrogen and oxygen atoms in total. The molecule has 1 aliphatic heterocycles. The first-order chi connectivity index (χ1) is 13.3. The molecule has 1 atom stereocenters. The number of likely N-dealkylation sites (N-methyl/N-ethyl adjacent to an activating group) is 1. The van der Waals surface area contributed by atoms with Crippen LogP contribution in [0.3, 0.4) is 0 Å². The van der Waals surface area contributed by atoms with E-state index < -0.39 is 0 Å². The van der Waals surface area contributed by atoms with Gasteiger partial charge in [-0.05, 0) is 36.7 Å². The van der Waals surface area contributed by atoms with Crippen LogP contribution in [0.15, 0.2) is 60.9 Å². The van der Waals surface area contributed by atoms with Gasteiger partial charge >= 0.3 is 0 Å². The highest BCUT2D eigenvalue weighted by atomic mass is 16.5. The van der Waals surface area contributed by atoms with E-state index in [4.69, 9.17) is 9.84 Å². The van der Waals surface area contributed by atoms with Gasteiger partial charge in [-0.3, -0.25) is 4.90 Å². The summed E-state index contributed by atoms with van der Waals surface area (Å²) < 4.78 is 7.91. The molecular weight excluding hydrogens is 338 g/mol. The van der Waals surface area contributed by atoms with Crippen LogP contribution in [-0.2, 0) is 19.5 Å². The maximum absolute atomic E-state index is 9.08. The molecule has 0 spiro atoms. The van der Waals surface area contributed by atoms with E-state index in [2.05, 4.69) is 45.8 Å². The summed E-state index contributed by atoms with van der Waals surface area (Å²) in [6, 6.07) is 17.0. The molecule has 2 aromatic carbocycles. The van der Waals surface area contributed by atoms with Crippen LogP contribution >= 0.6 is 0 Å². The number of imidazole rings is 1. The van der Waals surface area contributed by atoms with Crippen molar-refractivity contribution in [1.29, 1.82) is 0 Å². The second-order valence-electron chi connectivity index (χ2n) is 7.01. The Labute approximate surface area is 159 Å². The van der Waals surface area contributed by atoms with Gasteiger partial charge in [-0.1, -0.05) is 36.4 Å². The fourth-order valence-corrected chi connectivity index (χ4v) is 3.78. The molecular formula is C22H25N3O2. The lowest BCUT2D eigenvalue weighted by molar-refractivity contribution is 0.194. The molecule has 0 unspecified atom stereocenters. The topological polar surface area (TPSA) is 50.5 Å². The van der Waals surface area contributed by atoms with E-state index in [0.717, 1.165) is 36.6 Å². The second-order valence-corrected chi connectivity index (χ2v) is 7.01. The number of fused-ring (bicyclic) bond motifs is 1. The quantitative estimate of drug-likeness (QED) is 0.732. The van der Waals surface area contributed by atoms with Crippen molar-refractivity contribution in [3.63, 3.8) is 0 Å². The van der Waals surface area contributed by atoms with Crippen molar-refractivity contribution in [2.45, 2.75) is 25.6 Å². The third-order valence-corrected chi connectivity index (χ3v) is 5.22. The smallest absolute Gasteiger partial charge is 0.143 e. The van der Waals surface area contributed by atoms with Gasteiger partial charge in [0.15, 0.2) is 0 Å². The van der Waals surface area contributed by atoms with Gasteiger partial charge in [0, 0.05) is 31.5 Å². The maximum atomic E-state index is 9.08. The molecule has 0 radical (unpaired) electrons. The summed E-state index contributed by atoms with van der Waals surface area (Å²) in [5.74, 6) is 1.65. The number of ether oxygens (including phenoxy) is 1. The van der Waals surface area contributed by atoms with E-state index in [1.54, 1.807) is 0 Å². The number of aromatic nitrogens is 2. The predicted molar refractivity (Wildman–Crippen MR) is 106 cm³/mol. The summed E-state index contributed by atoms with van der Waals surface area (Å²) in [6.07, 6.45) is 4.91. The van der Waals surface area contributed by atoms with E-state index >= 15 is 0 Å². The van der Waals surface area contributed by atoms with Gasteiger partial charge in [-0.2, -0.15) is 0 Å². The second kappa shape index (κ2) is 7.94. The average Bonchev–Trinajstić information content (AvgIpc) is 3.15. The minimum absolute atomic E-state index is 0.00491. The van der Waals surface area contributed by atoms with Crippen LogP contribution in [0.25, 0.3) is 11.4 Å². The van der Waals surface area contributed by atoms with Crippen molar-refractivity contribution >= 4 is 0 Å². The molecule has 0 amide bonds. The van der Waals surface area contributed by atoms with E-state index in [0.29, 0.717) is 6.04 Å². The number of benzene rings is 2. The van der Waals surface area contributed by atoms with Crippen LogP contribution in [0.5, 0.6) is 5.75 Å². The highest BCUT2D eigenvalue weighted by molar-refractivity contribution is 5.64. The van der Waals surface area contributed by atoms with Crippen LogP contribution in [-0.4, -0.2) is 45.9 Å². The third kappa shape index (κ3) is 3.75. The van der Waals surface area contributed by atoms with E-state index in [-0.39, 0.29) is 13.2 Å². The monoisotopic (exact) mass is 363 g/mol. The first-order valence-electron chi connectivity index (χ1n) is 9.37. The zero-order valence-corrected chi connectivity index (χ0v) is 15.6. The van der Waals surface area contributed by atoms with E-state index in [1.165, 1.54) is 11.1 Å². The minimum Gasteiger partial charge on any atom is -0.490 e. The predicted octanol–water partition coefficient (Wildman–Crippen LogP) is 2.98. The standard InChI is InChI=1S/C22H25N3O2/c1-24-15-18-7-3-2-6-17(18)14-19(24)16-25-11-10-23-22(25)20-8-4-5-9-21(20)27-13-12-26/h2-11,19,26H,12-16H2,1H3/t19-/m0/s1. The molecule has 1 N–H and O–H groups in total. The van der Waals surface area contributed by atoms with Crippen LogP contribution in [0.2, 0.25) is 0 Å². The Morgan fingerprint density at radius 2 is 1.89 bits per heavy atom. The van der Waals surface area contributed by atoms with Gasteiger partial charge in [0.1, 0.15) is 18.2 Å². The first kappa shape index (κ1) is 17.8. The SMILES string of the molecule is CN1Cc2ccccc2C[C@H]1Cn1ccnc1-c1ccccc1OCCO. The number of aliphatic hydroxyl groups is 1. The van der Waals surface area contributed by atoms with Gasteiger partial charge in [0.25, 0.3) is 0 Å². The van der Waals surface area contributed by atoms with Gasteiger partial charge in [-0.25, -0.2) is 4.98 Å². The lowest BCUT2D eigenvalue weighted by atomic mass is 9.94. The number of rotatable bonds is 6. The summed E-state index contributed by atoms with van der Waals surface area (Å²) in [4.78, 5) is 7.01. The molecule has 1 aromatic heterocycles. The highest BCUT2D eigenvalue weighted by Gasteiger charge is 2.24. The fourth-order valence-electron chi connectivity index (χ4n) is 3.78. The van der Waals surface area contributed by atoms with Crippen molar-refractivity contribution in [2.75, 3.05) is 20.3 Å². The summed E-state index contributed by atoms with van der Waals surface area (Å²) in [7, 11) is 2.19. The minimum atomic E-state index is -0.00491. The Bertz CT molecular complexity index is 906. The normalized spacial score (nSPS) is 16.9. The Morgan fingerprint density at radius 1 is 1.11 bits per heavy atom. The molecule has 0 saturated carbocycles. The van der Waals surface area contributed by atoms with Gasteiger partial charge in [0.2, 0.25) is 0 Å². The van der Waals surface area contributed by atoms with Crippen LogP contribution in [0.4, 0.5) is 0 Å². The van der Waals surface area contributed by atoms with Crippen molar-refractivity contribution in [1.82, 2.24) is 14.5 Å². The Morgan fingerprint density at radius 3 is 2.74 bits per heavy atom. The number of para-hydroxylation sites is 1. The lowest BCUT2D eigenvalue weighted by Gasteiger charge is -2.34. The van der Waals surface area contributed by atoms with Crippen LogP contribution < -0.4 is 4.74 Å². The van der Waals surface area contributed by atoms with Crippen molar-refractivity contribution in [3.05, 3.63) is 72.1 Å². The molecule has 5 heteroatoms. The Kier molecular flexibility index (Phi) is 5.23. The molecule has 2 heterocycles. The molecule has 0 aliphatic carbocycles. The Hall–Kier alpha value is -2.63. The van der Waals surface area contributed by atoms with Gasteiger partial charge in [-0.15, -0.1) is 0 Å². The summed E-state index contributed by atoms with van der Waals surface area (Å²) in [5.41, 5.74) is 3.81.